The Morgan fingerprint density at radius 3 is 1.29 bits per heavy atom. The number of anilines is 6. The van der Waals surface area contributed by atoms with E-state index in [0.29, 0.717) is 9.79 Å². The Morgan fingerprint density at radius 1 is 0.545 bits per heavy atom. The van der Waals surface area contributed by atoms with Crippen molar-refractivity contribution in [3.05, 3.63) is 131 Å². The van der Waals surface area contributed by atoms with Gasteiger partial charge >= 0.3 is 0 Å². The highest BCUT2D eigenvalue weighted by molar-refractivity contribution is 8.00. The minimum absolute atomic E-state index is 0.0852. The molecule has 3 aliphatic heterocycles. The SMILES string of the molecule is Cc1cccc2c1N(c1cc3c(cc1C(C)C)S(=O)(=O)c1cc(C(C)C)c(N4c5ccccc5Sc5cccc(C)c54)cc1-3)c1ccccc1S2.[2H]C(Cl)(Cl)Cl. The third-order valence-electron chi connectivity index (χ3n) is 10.4. The molecule has 0 saturated carbocycles. The normalized spacial score (nSPS) is 14.9. The maximum absolute atomic E-state index is 14.7. The predicted octanol–water partition coefficient (Wildman–Crippen LogP) is 15.2. The van der Waals surface area contributed by atoms with Crippen molar-refractivity contribution >= 4 is 102 Å². The Labute approximate surface area is 349 Å². The first-order chi connectivity index (χ1) is 26.5. The van der Waals surface area contributed by atoms with Crippen LogP contribution in [0.5, 0.6) is 0 Å². The average Bonchev–Trinajstić information content (AvgIpc) is 3.36. The molecule has 0 aliphatic carbocycles. The Morgan fingerprint density at radius 2 is 0.909 bits per heavy atom. The van der Waals surface area contributed by atoms with Crippen LogP contribution in [0.3, 0.4) is 0 Å². The molecule has 10 heteroatoms. The van der Waals surface area contributed by atoms with Crippen LogP contribution >= 0.6 is 58.3 Å². The minimum atomic E-state index is -3.78. The summed E-state index contributed by atoms with van der Waals surface area (Å²) in [6, 6.07) is 38.3. The van der Waals surface area contributed by atoms with Crippen LogP contribution in [0, 0.1) is 13.8 Å². The summed E-state index contributed by atoms with van der Waals surface area (Å²) in [6.45, 7) is 13.0. The second kappa shape index (κ2) is 14.7. The van der Waals surface area contributed by atoms with Crippen LogP contribution in [0.1, 0.15) is 63.2 Å². The molecule has 3 heterocycles. The van der Waals surface area contributed by atoms with Gasteiger partial charge in [0.25, 0.3) is 0 Å². The molecular weight excluding hydrogens is 803 g/mol. The topological polar surface area (TPSA) is 40.6 Å². The molecular formula is C45H39Cl3N2O2S3. The van der Waals surface area contributed by atoms with Crippen molar-refractivity contribution < 1.29 is 9.79 Å². The van der Waals surface area contributed by atoms with Crippen molar-refractivity contribution in [2.24, 2.45) is 0 Å². The molecule has 4 nitrogen and oxygen atoms in total. The summed E-state index contributed by atoms with van der Waals surface area (Å²) in [5.74, 6) is 0.170. The van der Waals surface area contributed by atoms with Crippen LogP contribution in [0.2, 0.25) is 0 Å². The second-order valence-electron chi connectivity index (χ2n) is 14.5. The summed E-state index contributed by atoms with van der Waals surface area (Å²) in [7, 11) is -3.78. The zero-order valence-electron chi connectivity index (χ0n) is 32.1. The number of hydrogen-bond acceptors (Lipinski definition) is 6. The second-order valence-corrected chi connectivity index (χ2v) is 20.3. The first-order valence-corrected chi connectivity index (χ1v) is 22.3. The van der Waals surface area contributed by atoms with Gasteiger partial charge in [-0.25, -0.2) is 8.42 Å². The highest BCUT2D eigenvalue weighted by Crippen LogP contribution is 2.58. The van der Waals surface area contributed by atoms with Gasteiger partial charge in [-0.05, 0) is 109 Å². The number of nitrogens with zero attached hydrogens (tertiary/aromatic N) is 2. The highest BCUT2D eigenvalue weighted by Gasteiger charge is 2.39. The predicted molar refractivity (Wildman–Crippen MR) is 234 cm³/mol. The van der Waals surface area contributed by atoms with E-state index in [4.69, 9.17) is 36.2 Å². The van der Waals surface area contributed by atoms with Gasteiger partial charge in [-0.3, -0.25) is 0 Å². The fraction of sp³-hybridized carbons (Fsp3) is 0.200. The first kappa shape index (κ1) is 37.0. The van der Waals surface area contributed by atoms with Gasteiger partial charge < -0.3 is 9.80 Å². The van der Waals surface area contributed by atoms with Crippen molar-refractivity contribution in [2.75, 3.05) is 9.80 Å². The van der Waals surface area contributed by atoms with Gasteiger partial charge in [0.2, 0.25) is 9.84 Å². The van der Waals surface area contributed by atoms with Crippen LogP contribution in [0.15, 0.2) is 139 Å². The first-order valence-electron chi connectivity index (χ1n) is 18.6. The van der Waals surface area contributed by atoms with E-state index < -0.39 is 14.1 Å². The van der Waals surface area contributed by atoms with Gasteiger partial charge in [0, 0.05) is 30.7 Å². The molecule has 0 spiro atoms. The van der Waals surface area contributed by atoms with Crippen LogP contribution in [0.4, 0.5) is 34.1 Å². The van der Waals surface area contributed by atoms with E-state index in [-0.39, 0.29) is 11.8 Å². The van der Waals surface area contributed by atoms with Crippen LogP contribution in [-0.4, -0.2) is 12.7 Å². The molecule has 0 amide bonds. The van der Waals surface area contributed by atoms with Gasteiger partial charge in [0.1, 0.15) is 0 Å². The van der Waals surface area contributed by atoms with Crippen LogP contribution in [0.25, 0.3) is 11.1 Å². The van der Waals surface area contributed by atoms with Crippen molar-refractivity contribution in [3.8, 4) is 11.1 Å². The smallest absolute Gasteiger partial charge is 0.207 e. The lowest BCUT2D eigenvalue weighted by Gasteiger charge is -2.36. The van der Waals surface area contributed by atoms with Gasteiger partial charge in [0.05, 0.1) is 45.3 Å². The molecule has 0 N–H and O–H groups in total. The molecule has 9 rings (SSSR count). The molecule has 0 bridgehead atoms. The fourth-order valence-electron chi connectivity index (χ4n) is 7.90. The number of benzene rings is 6. The van der Waals surface area contributed by atoms with Crippen molar-refractivity contribution in [1.82, 2.24) is 0 Å². The molecule has 6 aromatic carbocycles. The standard InChI is InChI=1S/C44H38N2O2S3.CHCl3/c1-25(2)29-23-41-31(21-35(29)45-33-15-7-9-17-37(33)49-39-19-11-13-27(5)43(39)45)32-22-36(30(26(3)4)24-42(32)51(41,47)48)46-34-16-8-10-18-38(34)50-40-20-12-14-28(6)44(40)46;2-1(3)4/h7-26H,1-6H3;1H/i;1D. The molecule has 280 valence electrons. The number of aryl methyl sites for hydroxylation is 2. The van der Waals surface area contributed by atoms with Gasteiger partial charge in [0.15, 0.2) is 4.27 Å². The Balaban J connectivity index is 0.000000831. The molecule has 0 unspecified atom stereocenters. The van der Waals surface area contributed by atoms with E-state index >= 15 is 0 Å². The van der Waals surface area contributed by atoms with E-state index in [1.807, 2.05) is 12.1 Å². The fourth-order valence-corrected chi connectivity index (χ4v) is 11.9. The van der Waals surface area contributed by atoms with E-state index in [2.05, 4.69) is 148 Å². The zero-order chi connectivity index (χ0) is 39.8. The van der Waals surface area contributed by atoms with Crippen LogP contribution in [-0.2, 0) is 9.84 Å². The maximum atomic E-state index is 14.7. The Hall–Kier alpha value is -3.56. The average molecular weight is 843 g/mol. The highest BCUT2D eigenvalue weighted by atomic mass is 35.6. The molecule has 3 aliphatic rings. The number of rotatable bonds is 4. The monoisotopic (exact) mass is 841 g/mol. The van der Waals surface area contributed by atoms with Crippen LogP contribution < -0.4 is 9.80 Å². The summed E-state index contributed by atoms with van der Waals surface area (Å²) in [6.07, 6.45) is 0. The lowest BCUT2D eigenvalue weighted by molar-refractivity contribution is 0.598. The van der Waals surface area contributed by atoms with E-state index in [9.17, 15) is 8.42 Å². The molecule has 0 fully saturated rings. The largest absolute Gasteiger partial charge is 0.308 e. The number of para-hydroxylation sites is 4. The quantitative estimate of drug-likeness (QED) is 0.164. The van der Waals surface area contributed by atoms with Gasteiger partial charge in [-0.2, -0.15) is 0 Å². The van der Waals surface area contributed by atoms with E-state index in [1.165, 1.54) is 30.7 Å². The van der Waals surface area contributed by atoms with Gasteiger partial charge in [-0.1, -0.05) is 135 Å². The van der Waals surface area contributed by atoms with Crippen molar-refractivity contribution in [1.29, 1.82) is 0 Å². The summed E-state index contributed by atoms with van der Waals surface area (Å²) in [5, 5.41) is 0. The summed E-state index contributed by atoms with van der Waals surface area (Å²) >= 11 is 17.8. The number of fused-ring (bicyclic) bond motifs is 7. The summed E-state index contributed by atoms with van der Waals surface area (Å²) in [5.41, 5.74) is 12.5. The lowest BCUT2D eigenvalue weighted by atomic mass is 9.92. The Bertz CT molecular complexity index is 2500. The number of sulfone groups is 1. The van der Waals surface area contributed by atoms with Crippen molar-refractivity contribution in [3.63, 3.8) is 0 Å². The summed E-state index contributed by atoms with van der Waals surface area (Å²) < 4.78 is 33.7. The molecule has 0 saturated heterocycles. The molecule has 0 radical (unpaired) electrons. The zero-order valence-corrected chi connectivity index (χ0v) is 35.8. The molecule has 55 heavy (non-hydrogen) atoms. The maximum Gasteiger partial charge on any atom is 0.207 e. The lowest BCUT2D eigenvalue weighted by Crippen LogP contribution is -2.18. The summed E-state index contributed by atoms with van der Waals surface area (Å²) in [4.78, 5) is 10.3. The number of hydrogen-bond donors (Lipinski definition) is 0. The third kappa shape index (κ3) is 6.55. The number of alkyl halides is 3. The van der Waals surface area contributed by atoms with Crippen molar-refractivity contribution in [2.45, 2.75) is 87.0 Å². The van der Waals surface area contributed by atoms with Gasteiger partial charge in [-0.15, -0.1) is 0 Å². The molecule has 0 atom stereocenters. The molecule has 6 aromatic rings. The van der Waals surface area contributed by atoms with E-state index in [0.717, 1.165) is 56.4 Å². The third-order valence-corrected chi connectivity index (χ3v) is 14.4. The number of halogens is 3. The van der Waals surface area contributed by atoms with E-state index in [1.54, 1.807) is 23.5 Å². The Kier molecular flexibility index (Phi) is 9.93. The molecule has 0 aromatic heterocycles. The minimum Gasteiger partial charge on any atom is -0.308 e.